The smallest absolute Gasteiger partial charge is 0.233 e. The van der Waals surface area contributed by atoms with Crippen molar-refractivity contribution in [3.8, 4) is 0 Å². The van der Waals surface area contributed by atoms with E-state index in [-0.39, 0.29) is 11.6 Å². The molecule has 4 nitrogen and oxygen atoms in total. The first-order valence-electron chi connectivity index (χ1n) is 7.47. The van der Waals surface area contributed by atoms with Crippen LogP contribution in [-0.4, -0.2) is 36.2 Å². The van der Waals surface area contributed by atoms with E-state index in [2.05, 4.69) is 11.9 Å². The third-order valence-corrected chi connectivity index (χ3v) is 4.46. The van der Waals surface area contributed by atoms with Crippen molar-refractivity contribution in [1.29, 1.82) is 0 Å². The fourth-order valence-corrected chi connectivity index (χ4v) is 3.22. The Hall–Kier alpha value is -1.42. The molecule has 1 aromatic heterocycles. The number of aryl methyl sites for hydroxylation is 1. The molecule has 0 aliphatic carbocycles. The lowest BCUT2D eigenvalue weighted by molar-refractivity contribution is -0.897. The predicted molar refractivity (Wildman–Crippen MR) is 78.6 cm³/mol. The van der Waals surface area contributed by atoms with E-state index < -0.39 is 0 Å². The van der Waals surface area contributed by atoms with Crippen LogP contribution in [0, 0.1) is 19.8 Å². The average Bonchev–Trinajstić information content (AvgIpc) is 2.67. The minimum Gasteiger partial charge on any atom is -0.355 e. The first-order chi connectivity index (χ1) is 9.40. The van der Waals surface area contributed by atoms with Crippen LogP contribution in [0.3, 0.4) is 0 Å². The molecule has 0 amide bonds. The van der Waals surface area contributed by atoms with Crippen LogP contribution in [-0.2, 0) is 0 Å². The van der Waals surface area contributed by atoms with Crippen molar-refractivity contribution in [3.63, 3.8) is 0 Å². The van der Waals surface area contributed by atoms with Gasteiger partial charge in [0.25, 0.3) is 0 Å². The van der Waals surface area contributed by atoms with E-state index in [0.29, 0.717) is 17.8 Å². The van der Waals surface area contributed by atoms with Gasteiger partial charge in [0.2, 0.25) is 5.78 Å². The average molecular weight is 277 g/mol. The second kappa shape index (κ2) is 5.92. The molecule has 2 N–H and O–H groups in total. The van der Waals surface area contributed by atoms with Gasteiger partial charge in [0.1, 0.15) is 6.54 Å². The molecule has 0 bridgehead atoms. The van der Waals surface area contributed by atoms with Gasteiger partial charge in [-0.15, -0.1) is 0 Å². The Labute approximate surface area is 120 Å². The molecule has 1 fully saturated rings. The Morgan fingerprint density at radius 2 is 1.85 bits per heavy atom. The Morgan fingerprint density at radius 1 is 1.25 bits per heavy atom. The number of carbonyl (C=O) groups is 2. The number of H-pyrrole nitrogens is 1. The maximum atomic E-state index is 12.4. The molecule has 0 radical (unpaired) electrons. The topological polar surface area (TPSA) is 54.4 Å². The van der Waals surface area contributed by atoms with Crippen molar-refractivity contribution < 1.29 is 14.5 Å². The van der Waals surface area contributed by atoms with Crippen molar-refractivity contribution in [2.24, 2.45) is 5.92 Å². The van der Waals surface area contributed by atoms with E-state index in [9.17, 15) is 9.59 Å². The molecule has 1 aromatic rings. The number of hydrogen-bond acceptors (Lipinski definition) is 2. The molecule has 1 aliphatic heterocycles. The summed E-state index contributed by atoms with van der Waals surface area (Å²) in [5, 5.41) is 0. The number of aromatic amines is 1. The number of hydrogen-bond donors (Lipinski definition) is 2. The van der Waals surface area contributed by atoms with Crippen LogP contribution < -0.4 is 4.90 Å². The van der Waals surface area contributed by atoms with E-state index in [1.807, 2.05) is 13.8 Å². The van der Waals surface area contributed by atoms with E-state index in [1.165, 1.54) is 17.7 Å². The molecule has 4 heteroatoms. The Kier molecular flexibility index (Phi) is 4.43. The normalized spacial score (nSPS) is 22.8. The summed E-state index contributed by atoms with van der Waals surface area (Å²) >= 11 is 0. The minimum absolute atomic E-state index is 0.0226. The first kappa shape index (κ1) is 15.0. The lowest BCUT2D eigenvalue weighted by atomic mass is 9.98. The number of piperidine rings is 1. The van der Waals surface area contributed by atoms with Crippen LogP contribution in [0.25, 0.3) is 0 Å². The van der Waals surface area contributed by atoms with Crippen molar-refractivity contribution in [2.75, 3.05) is 19.6 Å². The quantitative estimate of drug-likeness (QED) is 0.816. The van der Waals surface area contributed by atoms with Gasteiger partial charge in [-0.05, 0) is 45.1 Å². The molecule has 0 saturated carbocycles. The lowest BCUT2D eigenvalue weighted by Crippen LogP contribution is -3.13. The standard InChI is InChI=1S/C16H24N2O2/c1-10-5-7-18(8-6-10)9-14(20)16-11(2)15(13(4)19)12(3)17-16/h10,17H,5-9H2,1-4H3/p+1. The fraction of sp³-hybridized carbons (Fsp3) is 0.625. The van der Waals surface area contributed by atoms with Crippen molar-refractivity contribution in [2.45, 2.75) is 40.5 Å². The minimum atomic E-state index is 0.0226. The van der Waals surface area contributed by atoms with Gasteiger partial charge in [-0.1, -0.05) is 6.92 Å². The molecule has 110 valence electrons. The predicted octanol–water partition coefficient (Wildman–Crippen LogP) is 1.33. The van der Waals surface area contributed by atoms with Crippen LogP contribution >= 0.6 is 0 Å². The monoisotopic (exact) mass is 277 g/mol. The molecule has 20 heavy (non-hydrogen) atoms. The maximum Gasteiger partial charge on any atom is 0.233 e. The second-order valence-electron chi connectivity index (χ2n) is 6.21. The number of quaternary nitrogens is 1. The highest BCUT2D eigenvalue weighted by Crippen LogP contribution is 2.18. The molecule has 2 heterocycles. The summed E-state index contributed by atoms with van der Waals surface area (Å²) in [5.41, 5.74) is 2.92. The van der Waals surface area contributed by atoms with Gasteiger partial charge >= 0.3 is 0 Å². The third kappa shape index (κ3) is 3.01. The Bertz CT molecular complexity index is 523. The summed E-state index contributed by atoms with van der Waals surface area (Å²) in [5.74, 6) is 0.935. The maximum absolute atomic E-state index is 12.4. The van der Waals surface area contributed by atoms with Crippen LogP contribution in [0.1, 0.15) is 58.8 Å². The Morgan fingerprint density at radius 3 is 2.35 bits per heavy atom. The van der Waals surface area contributed by atoms with Crippen LogP contribution in [0.5, 0.6) is 0 Å². The fourth-order valence-electron chi connectivity index (χ4n) is 3.22. The first-order valence-corrected chi connectivity index (χ1v) is 7.47. The number of aromatic nitrogens is 1. The number of Topliss-reactive ketones (excluding diaryl/α,β-unsaturated/α-hetero) is 2. The molecule has 0 atom stereocenters. The van der Waals surface area contributed by atoms with Gasteiger partial charge in [-0.2, -0.15) is 0 Å². The third-order valence-electron chi connectivity index (χ3n) is 4.46. The van der Waals surface area contributed by atoms with Crippen molar-refractivity contribution >= 4 is 11.6 Å². The largest absolute Gasteiger partial charge is 0.355 e. The molecule has 1 saturated heterocycles. The van der Waals surface area contributed by atoms with Gasteiger partial charge in [-0.3, -0.25) is 9.59 Å². The summed E-state index contributed by atoms with van der Waals surface area (Å²) in [6, 6.07) is 0. The summed E-state index contributed by atoms with van der Waals surface area (Å²) in [4.78, 5) is 28.5. The highest BCUT2D eigenvalue weighted by molar-refractivity contribution is 6.03. The van der Waals surface area contributed by atoms with Crippen molar-refractivity contribution in [1.82, 2.24) is 4.98 Å². The summed E-state index contributed by atoms with van der Waals surface area (Å²) < 4.78 is 0. The second-order valence-corrected chi connectivity index (χ2v) is 6.21. The number of rotatable bonds is 4. The van der Waals surface area contributed by atoms with Crippen LogP contribution in [0.15, 0.2) is 0 Å². The molecular formula is C16H25N2O2+. The van der Waals surface area contributed by atoms with E-state index in [1.54, 1.807) is 6.92 Å². The number of carbonyl (C=O) groups excluding carboxylic acids is 2. The zero-order valence-corrected chi connectivity index (χ0v) is 12.9. The molecule has 2 rings (SSSR count). The number of nitrogens with one attached hydrogen (secondary N) is 2. The molecular weight excluding hydrogens is 252 g/mol. The number of likely N-dealkylation sites (tertiary alicyclic amines) is 1. The SMILES string of the molecule is CC(=O)c1c(C)[nH]c(C(=O)C[NH+]2CCC(C)CC2)c1C. The van der Waals surface area contributed by atoms with Gasteiger partial charge in [0.05, 0.1) is 18.8 Å². The Balaban J connectivity index is 2.10. The van der Waals surface area contributed by atoms with Crippen LogP contribution in [0.2, 0.25) is 0 Å². The molecule has 1 aliphatic rings. The van der Waals surface area contributed by atoms with Gasteiger partial charge in [-0.25, -0.2) is 0 Å². The summed E-state index contributed by atoms with van der Waals surface area (Å²) in [6.07, 6.45) is 2.40. The summed E-state index contributed by atoms with van der Waals surface area (Å²) in [7, 11) is 0. The van der Waals surface area contributed by atoms with Gasteiger partial charge in [0, 0.05) is 11.3 Å². The van der Waals surface area contributed by atoms with Crippen molar-refractivity contribution in [3.05, 3.63) is 22.5 Å². The van der Waals surface area contributed by atoms with Gasteiger partial charge in [0.15, 0.2) is 5.78 Å². The zero-order chi connectivity index (χ0) is 14.9. The lowest BCUT2D eigenvalue weighted by Gasteiger charge is -2.26. The zero-order valence-electron chi connectivity index (χ0n) is 12.9. The van der Waals surface area contributed by atoms with Gasteiger partial charge < -0.3 is 9.88 Å². The summed E-state index contributed by atoms with van der Waals surface area (Å²) in [6.45, 7) is 10.2. The molecule has 0 spiro atoms. The van der Waals surface area contributed by atoms with Crippen LogP contribution in [0.4, 0.5) is 0 Å². The molecule has 0 unspecified atom stereocenters. The number of ketones is 2. The van der Waals surface area contributed by atoms with E-state index in [4.69, 9.17) is 0 Å². The van der Waals surface area contributed by atoms with E-state index in [0.717, 1.165) is 30.3 Å². The highest BCUT2D eigenvalue weighted by Gasteiger charge is 2.25. The molecule has 0 aromatic carbocycles. The highest BCUT2D eigenvalue weighted by atomic mass is 16.1. The van der Waals surface area contributed by atoms with E-state index >= 15 is 0 Å².